The Balaban J connectivity index is 0.00000432. The molecular formula is C26H25F3NNaO4. The van der Waals surface area contributed by atoms with Gasteiger partial charge in [0, 0.05) is 5.69 Å². The molecule has 1 N–H and O–H groups in total. The first-order chi connectivity index (χ1) is 15.8. The van der Waals surface area contributed by atoms with Crippen molar-refractivity contribution < 1.29 is 32.6 Å². The first-order valence-electron chi connectivity index (χ1n) is 10.4. The number of carboxylic acid groups (broad SMARTS) is 1. The minimum absolute atomic E-state index is 0. The molecule has 0 aromatic heterocycles. The normalized spacial score (nSPS) is 11.4. The topological polar surface area (TPSA) is 66.8 Å². The van der Waals surface area contributed by atoms with Crippen molar-refractivity contribution in [3.05, 3.63) is 83.9 Å². The van der Waals surface area contributed by atoms with Crippen molar-refractivity contribution in [2.24, 2.45) is 0 Å². The van der Waals surface area contributed by atoms with E-state index < -0.39 is 18.2 Å². The van der Waals surface area contributed by atoms with Gasteiger partial charge < -0.3 is 9.84 Å². The zero-order valence-corrected chi connectivity index (χ0v) is 18.9. The minimum atomic E-state index is -4.77. The number of benzene rings is 3. The second-order valence-electron chi connectivity index (χ2n) is 8.76. The molecule has 180 valence electrons. The first-order valence-corrected chi connectivity index (χ1v) is 10.4. The van der Waals surface area contributed by atoms with Crippen LogP contribution in [0.2, 0.25) is 0 Å². The maximum absolute atomic E-state index is 12.4. The van der Waals surface area contributed by atoms with E-state index in [0.717, 1.165) is 11.1 Å². The van der Waals surface area contributed by atoms with Crippen molar-refractivity contribution in [3.8, 4) is 16.9 Å². The summed E-state index contributed by atoms with van der Waals surface area (Å²) < 4.78 is 40.9. The van der Waals surface area contributed by atoms with Gasteiger partial charge in [-0.05, 0) is 51.9 Å². The second kappa shape index (κ2) is 11.3. The van der Waals surface area contributed by atoms with E-state index in [1.807, 2.05) is 24.3 Å². The number of carboxylic acids is 1. The van der Waals surface area contributed by atoms with Crippen LogP contribution in [0.25, 0.3) is 11.1 Å². The van der Waals surface area contributed by atoms with Crippen molar-refractivity contribution in [1.29, 1.82) is 0 Å². The molecule has 0 aliphatic rings. The molecule has 0 saturated carbocycles. The Labute approximate surface area is 223 Å². The SMILES string of the molecule is CC(C)(C)c1ccc(CN(C(=O)C(=O)O)c2ccc(-c3ccc(OC(F)(F)F)cc3)cc2)cc1.[NaH]. The monoisotopic (exact) mass is 495 g/mol. The predicted molar refractivity (Wildman–Crippen MR) is 130 cm³/mol. The molecule has 9 heteroatoms. The van der Waals surface area contributed by atoms with Gasteiger partial charge >= 0.3 is 47.8 Å². The quantitative estimate of drug-likeness (QED) is 0.374. The molecule has 0 saturated heterocycles. The third-order valence-electron chi connectivity index (χ3n) is 5.19. The van der Waals surface area contributed by atoms with E-state index in [1.165, 1.54) is 29.2 Å². The fourth-order valence-electron chi connectivity index (χ4n) is 3.37. The zero-order chi connectivity index (χ0) is 25.1. The van der Waals surface area contributed by atoms with Crippen LogP contribution in [0.5, 0.6) is 5.75 Å². The number of carbonyl (C=O) groups excluding carboxylic acids is 1. The Bertz CT molecular complexity index is 1150. The number of hydrogen-bond acceptors (Lipinski definition) is 3. The number of anilines is 1. The van der Waals surface area contributed by atoms with E-state index in [4.69, 9.17) is 0 Å². The number of hydrogen-bond donors (Lipinski definition) is 1. The maximum atomic E-state index is 12.4. The summed E-state index contributed by atoms with van der Waals surface area (Å²) in [5.74, 6) is -2.97. The van der Waals surface area contributed by atoms with E-state index in [-0.39, 0.29) is 47.3 Å². The van der Waals surface area contributed by atoms with Gasteiger partial charge in [-0.1, -0.05) is 69.3 Å². The molecular weight excluding hydrogens is 470 g/mol. The Morgan fingerprint density at radius 1 is 0.829 bits per heavy atom. The van der Waals surface area contributed by atoms with Crippen molar-refractivity contribution in [3.63, 3.8) is 0 Å². The Morgan fingerprint density at radius 2 is 1.31 bits per heavy atom. The summed E-state index contributed by atoms with van der Waals surface area (Å²) in [6, 6.07) is 19.5. The average molecular weight is 495 g/mol. The Kier molecular flexibility index (Phi) is 9.17. The predicted octanol–water partition coefficient (Wildman–Crippen LogP) is 5.52. The Hall–Kier alpha value is -2.81. The van der Waals surface area contributed by atoms with Gasteiger partial charge in [-0.2, -0.15) is 0 Å². The zero-order valence-electron chi connectivity index (χ0n) is 18.9. The fraction of sp³-hybridized carbons (Fsp3) is 0.231. The van der Waals surface area contributed by atoms with E-state index >= 15 is 0 Å². The van der Waals surface area contributed by atoms with Crippen LogP contribution < -0.4 is 9.64 Å². The number of carbonyl (C=O) groups is 2. The van der Waals surface area contributed by atoms with Gasteiger partial charge in [0.25, 0.3) is 0 Å². The second-order valence-corrected chi connectivity index (χ2v) is 8.76. The number of amides is 1. The average Bonchev–Trinajstić information content (AvgIpc) is 2.76. The van der Waals surface area contributed by atoms with Crippen LogP contribution in [0.4, 0.5) is 18.9 Å². The number of aliphatic carboxylic acids is 1. The summed E-state index contributed by atoms with van der Waals surface area (Å²) in [5, 5.41) is 9.30. The van der Waals surface area contributed by atoms with Gasteiger partial charge in [0.15, 0.2) is 0 Å². The molecule has 1 amide bonds. The molecule has 0 aliphatic heterocycles. The molecule has 0 aliphatic carbocycles. The standard InChI is InChI=1S/C26H24F3NO4.Na.H/c1-25(2,3)20-10-4-17(5-11-20)16-30(23(31)24(32)33)21-12-6-18(7-13-21)19-8-14-22(15-9-19)34-26(27,28)29;;/h4-15H,16H2,1-3H3,(H,32,33);;. The third kappa shape index (κ3) is 7.85. The summed E-state index contributed by atoms with van der Waals surface area (Å²) in [5.41, 5.74) is 3.54. The van der Waals surface area contributed by atoms with Crippen LogP contribution in [-0.4, -0.2) is 52.9 Å². The Morgan fingerprint density at radius 3 is 1.74 bits per heavy atom. The first kappa shape index (κ1) is 28.4. The third-order valence-corrected chi connectivity index (χ3v) is 5.19. The van der Waals surface area contributed by atoms with Crippen LogP contribution >= 0.6 is 0 Å². The molecule has 3 aromatic rings. The molecule has 3 rings (SSSR count). The summed E-state index contributed by atoms with van der Waals surface area (Å²) >= 11 is 0. The molecule has 0 radical (unpaired) electrons. The van der Waals surface area contributed by atoms with Gasteiger partial charge in [-0.15, -0.1) is 13.2 Å². The van der Waals surface area contributed by atoms with Crippen LogP contribution in [0.15, 0.2) is 72.8 Å². The van der Waals surface area contributed by atoms with Crippen molar-refractivity contribution in [2.45, 2.75) is 39.1 Å². The summed E-state index contributed by atoms with van der Waals surface area (Å²) in [7, 11) is 0. The van der Waals surface area contributed by atoms with E-state index in [9.17, 15) is 27.9 Å². The molecule has 0 fully saturated rings. The summed E-state index contributed by atoms with van der Waals surface area (Å²) in [6.07, 6.45) is -4.77. The van der Waals surface area contributed by atoms with E-state index in [2.05, 4.69) is 25.5 Å². The molecule has 0 unspecified atom stereocenters. The molecule has 5 nitrogen and oxygen atoms in total. The van der Waals surface area contributed by atoms with E-state index in [0.29, 0.717) is 16.8 Å². The number of ether oxygens (including phenoxy) is 1. The molecule has 0 bridgehead atoms. The van der Waals surface area contributed by atoms with Gasteiger partial charge in [0.2, 0.25) is 0 Å². The molecule has 35 heavy (non-hydrogen) atoms. The number of halogens is 3. The van der Waals surface area contributed by atoms with Crippen molar-refractivity contribution in [2.75, 3.05) is 4.90 Å². The molecule has 0 heterocycles. The number of alkyl halides is 3. The van der Waals surface area contributed by atoms with Crippen LogP contribution in [0, 0.1) is 0 Å². The van der Waals surface area contributed by atoms with Gasteiger partial charge in [0.05, 0.1) is 6.54 Å². The van der Waals surface area contributed by atoms with Crippen molar-refractivity contribution >= 4 is 47.1 Å². The van der Waals surface area contributed by atoms with Gasteiger partial charge in [-0.25, -0.2) is 4.79 Å². The molecule has 0 spiro atoms. The van der Waals surface area contributed by atoms with Crippen LogP contribution in [0.3, 0.4) is 0 Å². The van der Waals surface area contributed by atoms with Gasteiger partial charge in [-0.3, -0.25) is 9.69 Å². The summed E-state index contributed by atoms with van der Waals surface area (Å²) in [4.78, 5) is 25.0. The van der Waals surface area contributed by atoms with E-state index in [1.54, 1.807) is 24.3 Å². The number of nitrogens with zero attached hydrogens (tertiary/aromatic N) is 1. The van der Waals surface area contributed by atoms with Crippen LogP contribution in [-0.2, 0) is 21.5 Å². The molecule has 3 aromatic carbocycles. The van der Waals surface area contributed by atoms with Gasteiger partial charge in [0.1, 0.15) is 5.75 Å². The molecule has 0 atom stereocenters. The summed E-state index contributed by atoms with van der Waals surface area (Å²) in [6.45, 7) is 6.32. The van der Waals surface area contributed by atoms with Crippen molar-refractivity contribution in [1.82, 2.24) is 0 Å². The van der Waals surface area contributed by atoms with Crippen LogP contribution in [0.1, 0.15) is 31.9 Å². The number of rotatable bonds is 5. The fourth-order valence-corrected chi connectivity index (χ4v) is 3.37.